The summed E-state index contributed by atoms with van der Waals surface area (Å²) >= 11 is 0. The van der Waals surface area contributed by atoms with Gasteiger partial charge in [0.2, 0.25) is 21.8 Å². The Hall–Kier alpha value is -2.82. The molecule has 8 nitrogen and oxygen atoms in total. The van der Waals surface area contributed by atoms with E-state index in [1.807, 2.05) is 6.92 Å². The smallest absolute Gasteiger partial charge is 0.247 e. The number of rotatable bonds is 10. The SMILES string of the molecule is CCOCCCN1C(=O)CN(S(=O)(=O)c2ccccc2)C[C@@]1(C)C(=O)NCc1ccc(F)cc1. The molecule has 1 saturated heterocycles. The molecule has 184 valence electrons. The minimum absolute atomic E-state index is 0.0571. The van der Waals surface area contributed by atoms with E-state index in [-0.39, 0.29) is 36.9 Å². The molecule has 1 aliphatic heterocycles. The van der Waals surface area contributed by atoms with E-state index in [4.69, 9.17) is 4.74 Å². The average molecular weight is 492 g/mol. The molecule has 1 atom stereocenters. The van der Waals surface area contributed by atoms with E-state index in [1.165, 1.54) is 29.2 Å². The summed E-state index contributed by atoms with van der Waals surface area (Å²) in [6.07, 6.45) is 0.506. The van der Waals surface area contributed by atoms with E-state index in [1.54, 1.807) is 37.3 Å². The molecule has 2 aromatic rings. The highest BCUT2D eigenvalue weighted by Crippen LogP contribution is 2.28. The van der Waals surface area contributed by atoms with Gasteiger partial charge in [-0.15, -0.1) is 0 Å². The summed E-state index contributed by atoms with van der Waals surface area (Å²) in [6.45, 7) is 4.20. The first-order valence-electron chi connectivity index (χ1n) is 11.1. The third kappa shape index (κ3) is 5.81. The van der Waals surface area contributed by atoms with Crippen molar-refractivity contribution >= 4 is 21.8 Å². The molecule has 1 fully saturated rings. The number of nitrogens with one attached hydrogen (secondary N) is 1. The van der Waals surface area contributed by atoms with Gasteiger partial charge in [0.1, 0.15) is 11.4 Å². The van der Waals surface area contributed by atoms with Crippen LogP contribution in [0.15, 0.2) is 59.5 Å². The van der Waals surface area contributed by atoms with E-state index in [0.29, 0.717) is 25.2 Å². The Bertz CT molecular complexity index is 1100. The predicted octanol–water partition coefficient (Wildman–Crippen LogP) is 2.16. The first kappa shape index (κ1) is 25.8. The van der Waals surface area contributed by atoms with Gasteiger partial charge in [-0.3, -0.25) is 9.59 Å². The van der Waals surface area contributed by atoms with Crippen LogP contribution in [-0.4, -0.2) is 67.8 Å². The van der Waals surface area contributed by atoms with Crippen LogP contribution in [0, 0.1) is 5.82 Å². The van der Waals surface area contributed by atoms with Crippen molar-refractivity contribution in [1.29, 1.82) is 0 Å². The van der Waals surface area contributed by atoms with Crippen LogP contribution in [0.4, 0.5) is 4.39 Å². The molecular weight excluding hydrogens is 461 g/mol. The van der Waals surface area contributed by atoms with Crippen LogP contribution in [-0.2, 0) is 30.9 Å². The zero-order chi connectivity index (χ0) is 24.8. The minimum atomic E-state index is -3.98. The number of sulfonamides is 1. The molecule has 0 spiro atoms. The maximum atomic E-state index is 13.4. The number of halogens is 1. The first-order chi connectivity index (χ1) is 16.2. The molecule has 1 heterocycles. The number of hydrogen-bond donors (Lipinski definition) is 1. The number of amides is 2. The Morgan fingerprint density at radius 1 is 1.15 bits per heavy atom. The summed E-state index contributed by atoms with van der Waals surface area (Å²) in [7, 11) is -3.98. The van der Waals surface area contributed by atoms with Crippen LogP contribution in [0.2, 0.25) is 0 Å². The lowest BCUT2D eigenvalue weighted by Crippen LogP contribution is -2.69. The van der Waals surface area contributed by atoms with Gasteiger partial charge in [0.25, 0.3) is 0 Å². The summed E-state index contributed by atoms with van der Waals surface area (Å²) in [5, 5.41) is 2.78. The fourth-order valence-corrected chi connectivity index (χ4v) is 5.42. The fourth-order valence-electron chi connectivity index (χ4n) is 3.92. The van der Waals surface area contributed by atoms with Crippen molar-refractivity contribution in [3.8, 4) is 0 Å². The van der Waals surface area contributed by atoms with Gasteiger partial charge in [-0.2, -0.15) is 4.31 Å². The van der Waals surface area contributed by atoms with Crippen LogP contribution in [0.5, 0.6) is 0 Å². The number of benzene rings is 2. The maximum absolute atomic E-state index is 13.4. The Morgan fingerprint density at radius 3 is 2.47 bits per heavy atom. The molecule has 3 rings (SSSR count). The summed E-state index contributed by atoms with van der Waals surface area (Å²) in [5.41, 5.74) is -0.763. The summed E-state index contributed by atoms with van der Waals surface area (Å²) < 4.78 is 46.1. The molecule has 0 radical (unpaired) electrons. The summed E-state index contributed by atoms with van der Waals surface area (Å²) in [4.78, 5) is 28.0. The molecule has 0 aliphatic carbocycles. The normalized spacial score (nSPS) is 19.3. The van der Waals surface area contributed by atoms with Crippen molar-refractivity contribution < 1.29 is 27.1 Å². The number of carbonyl (C=O) groups excluding carboxylic acids is 2. The molecule has 0 saturated carbocycles. The highest BCUT2D eigenvalue weighted by molar-refractivity contribution is 7.89. The predicted molar refractivity (Wildman–Crippen MR) is 125 cm³/mol. The first-order valence-corrected chi connectivity index (χ1v) is 12.6. The quantitative estimate of drug-likeness (QED) is 0.514. The fraction of sp³-hybridized carbons (Fsp3) is 0.417. The number of hydrogen-bond acceptors (Lipinski definition) is 5. The van der Waals surface area contributed by atoms with Crippen LogP contribution in [0.25, 0.3) is 0 Å². The monoisotopic (exact) mass is 491 g/mol. The number of nitrogens with zero attached hydrogens (tertiary/aromatic N) is 2. The van der Waals surface area contributed by atoms with Crippen molar-refractivity contribution in [3.05, 3.63) is 66.0 Å². The van der Waals surface area contributed by atoms with E-state index in [0.717, 1.165) is 4.31 Å². The van der Waals surface area contributed by atoms with Gasteiger partial charge in [0.15, 0.2) is 0 Å². The zero-order valence-electron chi connectivity index (χ0n) is 19.4. The number of piperazine rings is 1. The molecule has 10 heteroatoms. The highest BCUT2D eigenvalue weighted by atomic mass is 32.2. The summed E-state index contributed by atoms with van der Waals surface area (Å²) in [6, 6.07) is 13.5. The van der Waals surface area contributed by atoms with Crippen LogP contribution in [0.1, 0.15) is 25.8 Å². The van der Waals surface area contributed by atoms with Crippen LogP contribution in [0.3, 0.4) is 0 Å². The lowest BCUT2D eigenvalue weighted by Gasteiger charge is -2.46. The maximum Gasteiger partial charge on any atom is 0.247 e. The Balaban J connectivity index is 1.85. The standard InChI is InChI=1S/C24H30FN3O5S/c1-3-33-15-7-14-28-22(29)17-27(34(31,32)21-8-5-4-6-9-21)18-24(28,2)23(30)26-16-19-10-12-20(25)13-11-19/h4-6,8-13H,3,7,14-18H2,1-2H3,(H,26,30)/t24-/m0/s1. The van der Waals surface area contributed by atoms with E-state index in [2.05, 4.69) is 5.32 Å². The average Bonchev–Trinajstić information content (AvgIpc) is 2.83. The number of ether oxygens (including phenoxy) is 1. The number of carbonyl (C=O) groups is 2. The van der Waals surface area contributed by atoms with Gasteiger partial charge in [-0.05, 0) is 50.1 Å². The van der Waals surface area contributed by atoms with E-state index >= 15 is 0 Å². The molecule has 1 aliphatic rings. The third-order valence-corrected chi connectivity index (χ3v) is 7.61. The Kier molecular flexibility index (Phi) is 8.40. The third-order valence-electron chi connectivity index (χ3n) is 5.80. The second-order valence-corrected chi connectivity index (χ2v) is 10.2. The molecular formula is C24H30FN3O5S. The van der Waals surface area contributed by atoms with Crippen molar-refractivity contribution in [1.82, 2.24) is 14.5 Å². The van der Waals surface area contributed by atoms with Crippen molar-refractivity contribution in [2.24, 2.45) is 0 Å². The van der Waals surface area contributed by atoms with Gasteiger partial charge in [0, 0.05) is 32.8 Å². The molecule has 2 amide bonds. The molecule has 0 aromatic heterocycles. The van der Waals surface area contributed by atoms with Crippen molar-refractivity contribution in [2.75, 3.05) is 32.8 Å². The van der Waals surface area contributed by atoms with E-state index < -0.39 is 27.4 Å². The molecule has 2 aromatic carbocycles. The van der Waals surface area contributed by atoms with E-state index in [9.17, 15) is 22.4 Å². The van der Waals surface area contributed by atoms with Gasteiger partial charge < -0.3 is 15.0 Å². The Morgan fingerprint density at radius 2 is 1.82 bits per heavy atom. The zero-order valence-corrected chi connectivity index (χ0v) is 20.2. The topological polar surface area (TPSA) is 96.0 Å². The second kappa shape index (κ2) is 11.1. The van der Waals surface area contributed by atoms with Crippen LogP contribution < -0.4 is 5.32 Å². The minimum Gasteiger partial charge on any atom is -0.382 e. The highest BCUT2D eigenvalue weighted by Gasteiger charge is 2.50. The van der Waals surface area contributed by atoms with Gasteiger partial charge in [0.05, 0.1) is 11.4 Å². The van der Waals surface area contributed by atoms with Crippen LogP contribution >= 0.6 is 0 Å². The van der Waals surface area contributed by atoms with Gasteiger partial charge >= 0.3 is 0 Å². The molecule has 1 N–H and O–H groups in total. The van der Waals surface area contributed by atoms with Gasteiger partial charge in [-0.1, -0.05) is 30.3 Å². The molecule has 34 heavy (non-hydrogen) atoms. The molecule has 0 unspecified atom stereocenters. The Labute approximate surface area is 199 Å². The van der Waals surface area contributed by atoms with Crippen molar-refractivity contribution in [2.45, 2.75) is 37.2 Å². The molecule has 0 bridgehead atoms. The van der Waals surface area contributed by atoms with Crippen molar-refractivity contribution in [3.63, 3.8) is 0 Å². The largest absolute Gasteiger partial charge is 0.382 e. The van der Waals surface area contributed by atoms with Gasteiger partial charge in [-0.25, -0.2) is 12.8 Å². The lowest BCUT2D eigenvalue weighted by atomic mass is 9.95. The second-order valence-electron chi connectivity index (χ2n) is 8.27. The summed E-state index contributed by atoms with van der Waals surface area (Å²) in [5.74, 6) is -1.33. The lowest BCUT2D eigenvalue weighted by molar-refractivity contribution is -0.153.